The lowest BCUT2D eigenvalue weighted by Crippen LogP contribution is -2.34. The van der Waals surface area contributed by atoms with E-state index < -0.39 is 12.0 Å². The van der Waals surface area contributed by atoms with E-state index in [2.05, 4.69) is 0 Å². The minimum absolute atomic E-state index is 0.0755. The summed E-state index contributed by atoms with van der Waals surface area (Å²) in [5, 5.41) is 0. The lowest BCUT2D eigenvalue weighted by molar-refractivity contribution is -0.128. The minimum Gasteiger partial charge on any atom is -0.497 e. The zero-order valence-electron chi connectivity index (χ0n) is 9.77. The molecule has 16 heavy (non-hydrogen) atoms. The first kappa shape index (κ1) is 12.5. The van der Waals surface area contributed by atoms with Crippen LogP contribution in [0.2, 0.25) is 0 Å². The molecule has 0 spiro atoms. The van der Waals surface area contributed by atoms with Gasteiger partial charge < -0.3 is 15.2 Å². The average Bonchev–Trinajstić information content (AvgIpc) is 2.29. The number of carbonyl (C=O) groups excluding carboxylic acids is 1. The number of hydrogen-bond acceptors (Lipinski definition) is 3. The fourth-order valence-corrected chi connectivity index (χ4v) is 1.65. The van der Waals surface area contributed by atoms with Gasteiger partial charge in [-0.25, -0.2) is 0 Å². The Morgan fingerprint density at radius 3 is 2.19 bits per heavy atom. The molecule has 0 bridgehead atoms. The smallest absolute Gasteiger partial charge is 0.247 e. The molecular formula is C12H17NO3. The van der Waals surface area contributed by atoms with E-state index in [1.165, 1.54) is 7.11 Å². The first-order valence-electron chi connectivity index (χ1n) is 5.06. The van der Waals surface area contributed by atoms with E-state index in [0.29, 0.717) is 0 Å². The SMILES string of the molecule is COc1ccc(C(C)C(OC)C(N)=O)cc1. The van der Waals surface area contributed by atoms with Crippen molar-refractivity contribution in [3.63, 3.8) is 0 Å². The lowest BCUT2D eigenvalue weighted by Gasteiger charge is -2.20. The van der Waals surface area contributed by atoms with Crippen molar-refractivity contribution in [2.45, 2.75) is 18.9 Å². The van der Waals surface area contributed by atoms with Gasteiger partial charge in [0, 0.05) is 13.0 Å². The molecule has 0 saturated carbocycles. The van der Waals surface area contributed by atoms with Gasteiger partial charge in [0.25, 0.3) is 0 Å². The maximum Gasteiger partial charge on any atom is 0.247 e. The van der Waals surface area contributed by atoms with Gasteiger partial charge in [-0.15, -0.1) is 0 Å². The molecule has 0 aromatic heterocycles. The van der Waals surface area contributed by atoms with Crippen molar-refractivity contribution in [1.29, 1.82) is 0 Å². The van der Waals surface area contributed by atoms with Crippen molar-refractivity contribution in [3.05, 3.63) is 29.8 Å². The van der Waals surface area contributed by atoms with Crippen molar-refractivity contribution in [2.24, 2.45) is 5.73 Å². The number of ether oxygens (including phenoxy) is 2. The molecule has 0 saturated heterocycles. The summed E-state index contributed by atoms with van der Waals surface area (Å²) < 4.78 is 10.1. The first-order valence-corrected chi connectivity index (χ1v) is 5.06. The molecule has 2 atom stereocenters. The van der Waals surface area contributed by atoms with Crippen LogP contribution in [0.15, 0.2) is 24.3 Å². The third kappa shape index (κ3) is 2.73. The van der Waals surface area contributed by atoms with Gasteiger partial charge >= 0.3 is 0 Å². The molecule has 0 aliphatic carbocycles. The summed E-state index contributed by atoms with van der Waals surface area (Å²) in [5.74, 6) is 0.253. The summed E-state index contributed by atoms with van der Waals surface area (Å²) in [4.78, 5) is 11.1. The molecule has 1 aromatic rings. The summed E-state index contributed by atoms with van der Waals surface area (Å²) in [6, 6.07) is 7.50. The van der Waals surface area contributed by atoms with E-state index in [4.69, 9.17) is 15.2 Å². The average molecular weight is 223 g/mol. The van der Waals surface area contributed by atoms with E-state index in [1.807, 2.05) is 31.2 Å². The third-order valence-electron chi connectivity index (χ3n) is 2.63. The van der Waals surface area contributed by atoms with Crippen LogP contribution in [-0.4, -0.2) is 26.2 Å². The number of hydrogen-bond donors (Lipinski definition) is 1. The minimum atomic E-state index is -0.603. The van der Waals surface area contributed by atoms with Crippen LogP contribution in [0.1, 0.15) is 18.4 Å². The van der Waals surface area contributed by atoms with Crippen LogP contribution in [0.25, 0.3) is 0 Å². The standard InChI is InChI=1S/C12H17NO3/c1-8(11(16-3)12(13)14)9-4-6-10(15-2)7-5-9/h4-8,11H,1-3H3,(H2,13,14). The molecule has 0 aliphatic heterocycles. The largest absolute Gasteiger partial charge is 0.497 e. The van der Waals surface area contributed by atoms with Crippen molar-refractivity contribution >= 4 is 5.91 Å². The zero-order chi connectivity index (χ0) is 12.1. The molecular weight excluding hydrogens is 206 g/mol. The quantitative estimate of drug-likeness (QED) is 0.818. The van der Waals surface area contributed by atoms with Gasteiger partial charge in [0.05, 0.1) is 7.11 Å². The highest BCUT2D eigenvalue weighted by Crippen LogP contribution is 2.23. The fourth-order valence-electron chi connectivity index (χ4n) is 1.65. The highest BCUT2D eigenvalue weighted by Gasteiger charge is 2.23. The fraction of sp³-hybridized carbons (Fsp3) is 0.417. The molecule has 1 rings (SSSR count). The van der Waals surface area contributed by atoms with Crippen molar-refractivity contribution in [1.82, 2.24) is 0 Å². The Bertz CT molecular complexity index is 348. The van der Waals surface area contributed by atoms with Gasteiger partial charge in [0.15, 0.2) is 0 Å². The molecule has 1 amide bonds. The topological polar surface area (TPSA) is 61.6 Å². The van der Waals surface area contributed by atoms with Crippen LogP contribution in [0.4, 0.5) is 0 Å². The normalized spacial score (nSPS) is 14.2. The molecule has 2 unspecified atom stereocenters. The lowest BCUT2D eigenvalue weighted by atomic mass is 9.95. The van der Waals surface area contributed by atoms with Gasteiger partial charge in [0.1, 0.15) is 11.9 Å². The number of nitrogens with two attached hydrogens (primary N) is 1. The molecule has 88 valence electrons. The van der Waals surface area contributed by atoms with E-state index in [0.717, 1.165) is 11.3 Å². The van der Waals surface area contributed by atoms with Gasteiger partial charge in [-0.3, -0.25) is 4.79 Å². The number of primary amides is 1. The highest BCUT2D eigenvalue weighted by molar-refractivity contribution is 5.80. The maximum absolute atomic E-state index is 11.1. The van der Waals surface area contributed by atoms with E-state index >= 15 is 0 Å². The second-order valence-corrected chi connectivity index (χ2v) is 3.62. The Morgan fingerprint density at radius 1 is 1.25 bits per heavy atom. The van der Waals surface area contributed by atoms with E-state index in [1.54, 1.807) is 7.11 Å². The number of amides is 1. The number of rotatable bonds is 5. The van der Waals surface area contributed by atoms with Gasteiger partial charge in [-0.1, -0.05) is 19.1 Å². The first-order chi connectivity index (χ1) is 7.60. The maximum atomic E-state index is 11.1. The Morgan fingerprint density at radius 2 is 1.81 bits per heavy atom. The van der Waals surface area contributed by atoms with Gasteiger partial charge in [-0.05, 0) is 17.7 Å². The molecule has 1 aromatic carbocycles. The van der Waals surface area contributed by atoms with Crippen molar-refractivity contribution in [3.8, 4) is 5.75 Å². The molecule has 2 N–H and O–H groups in total. The number of carbonyl (C=O) groups is 1. The Balaban J connectivity index is 2.86. The van der Waals surface area contributed by atoms with Crippen LogP contribution < -0.4 is 10.5 Å². The number of methoxy groups -OCH3 is 2. The van der Waals surface area contributed by atoms with Crippen LogP contribution in [0, 0.1) is 0 Å². The predicted molar refractivity (Wildman–Crippen MR) is 61.4 cm³/mol. The number of benzene rings is 1. The van der Waals surface area contributed by atoms with Gasteiger partial charge in [-0.2, -0.15) is 0 Å². The predicted octanol–water partition coefficient (Wildman–Crippen LogP) is 1.30. The van der Waals surface area contributed by atoms with Gasteiger partial charge in [0.2, 0.25) is 5.91 Å². The third-order valence-corrected chi connectivity index (χ3v) is 2.63. The Labute approximate surface area is 95.3 Å². The van der Waals surface area contributed by atoms with E-state index in [9.17, 15) is 4.79 Å². The van der Waals surface area contributed by atoms with Crippen LogP contribution in [-0.2, 0) is 9.53 Å². The molecule has 0 fully saturated rings. The van der Waals surface area contributed by atoms with Crippen molar-refractivity contribution < 1.29 is 14.3 Å². The van der Waals surface area contributed by atoms with Crippen molar-refractivity contribution in [2.75, 3.05) is 14.2 Å². The highest BCUT2D eigenvalue weighted by atomic mass is 16.5. The summed E-state index contributed by atoms with van der Waals surface area (Å²) >= 11 is 0. The van der Waals surface area contributed by atoms with Crippen LogP contribution >= 0.6 is 0 Å². The summed E-state index contributed by atoms with van der Waals surface area (Å²) in [6.45, 7) is 1.90. The second kappa shape index (κ2) is 5.51. The summed E-state index contributed by atoms with van der Waals surface area (Å²) in [7, 11) is 3.09. The summed E-state index contributed by atoms with van der Waals surface area (Å²) in [5.41, 5.74) is 6.25. The Kier molecular flexibility index (Phi) is 4.31. The zero-order valence-corrected chi connectivity index (χ0v) is 9.77. The molecule has 4 heteroatoms. The molecule has 4 nitrogen and oxygen atoms in total. The second-order valence-electron chi connectivity index (χ2n) is 3.62. The monoisotopic (exact) mass is 223 g/mol. The van der Waals surface area contributed by atoms with E-state index in [-0.39, 0.29) is 5.92 Å². The summed E-state index contributed by atoms with van der Waals surface area (Å²) in [6.07, 6.45) is -0.603. The molecule has 0 aliphatic rings. The molecule has 0 radical (unpaired) electrons. The Hall–Kier alpha value is -1.55. The molecule has 0 heterocycles. The van der Waals surface area contributed by atoms with Crippen LogP contribution in [0.5, 0.6) is 5.75 Å². The van der Waals surface area contributed by atoms with Crippen LogP contribution in [0.3, 0.4) is 0 Å².